The van der Waals surface area contributed by atoms with E-state index in [1.807, 2.05) is 25.1 Å². The smallest absolute Gasteiger partial charge is 0.228 e. The minimum absolute atomic E-state index is 0.129. The number of rotatable bonds is 2. The van der Waals surface area contributed by atoms with E-state index in [4.69, 9.17) is 10.2 Å². The average Bonchev–Trinajstić information content (AvgIpc) is 2.84. The molecule has 0 amide bonds. The number of ketones is 1. The molecule has 1 heterocycles. The van der Waals surface area contributed by atoms with Gasteiger partial charge in [-0.25, -0.2) is 0 Å². The highest BCUT2D eigenvalue weighted by Crippen LogP contribution is 2.24. The van der Waals surface area contributed by atoms with Crippen LogP contribution in [0.2, 0.25) is 0 Å². The van der Waals surface area contributed by atoms with Crippen LogP contribution in [0.3, 0.4) is 0 Å². The van der Waals surface area contributed by atoms with E-state index in [1.165, 1.54) is 0 Å². The number of hydrogen-bond donors (Lipinski definition) is 1. The molecule has 0 fully saturated rings. The van der Waals surface area contributed by atoms with Gasteiger partial charge in [-0.05, 0) is 42.8 Å². The molecule has 0 aliphatic heterocycles. The monoisotopic (exact) mass is 251 g/mol. The first-order valence-corrected chi connectivity index (χ1v) is 6.04. The summed E-state index contributed by atoms with van der Waals surface area (Å²) >= 11 is 0. The number of para-hydroxylation sites is 1. The minimum atomic E-state index is -0.129. The van der Waals surface area contributed by atoms with Crippen LogP contribution in [0.25, 0.3) is 11.0 Å². The lowest BCUT2D eigenvalue weighted by atomic mass is 10.1. The lowest BCUT2D eigenvalue weighted by Crippen LogP contribution is -1.99. The Hall–Kier alpha value is -2.55. The Morgan fingerprint density at radius 3 is 2.53 bits per heavy atom. The van der Waals surface area contributed by atoms with E-state index in [0.29, 0.717) is 17.0 Å². The number of nitrogen functional groups attached to an aromatic ring is 1. The third kappa shape index (κ3) is 1.99. The topological polar surface area (TPSA) is 56.2 Å². The molecule has 1 aromatic heterocycles. The fourth-order valence-corrected chi connectivity index (χ4v) is 2.10. The summed E-state index contributed by atoms with van der Waals surface area (Å²) in [4.78, 5) is 12.3. The van der Waals surface area contributed by atoms with Crippen LogP contribution in [0.15, 0.2) is 52.9 Å². The van der Waals surface area contributed by atoms with Gasteiger partial charge in [0, 0.05) is 16.6 Å². The van der Waals surface area contributed by atoms with E-state index >= 15 is 0 Å². The van der Waals surface area contributed by atoms with E-state index in [0.717, 1.165) is 16.5 Å². The van der Waals surface area contributed by atoms with Crippen molar-refractivity contribution < 1.29 is 9.21 Å². The zero-order valence-corrected chi connectivity index (χ0v) is 10.5. The first-order valence-electron chi connectivity index (χ1n) is 6.04. The van der Waals surface area contributed by atoms with Gasteiger partial charge in [0.25, 0.3) is 0 Å². The van der Waals surface area contributed by atoms with Crippen molar-refractivity contribution in [1.29, 1.82) is 0 Å². The molecule has 19 heavy (non-hydrogen) atoms. The maximum Gasteiger partial charge on any atom is 0.228 e. The largest absolute Gasteiger partial charge is 0.452 e. The van der Waals surface area contributed by atoms with Gasteiger partial charge in [-0.1, -0.05) is 18.2 Å². The van der Waals surface area contributed by atoms with E-state index in [9.17, 15) is 4.79 Å². The summed E-state index contributed by atoms with van der Waals surface area (Å²) in [7, 11) is 0. The van der Waals surface area contributed by atoms with Crippen molar-refractivity contribution in [3.8, 4) is 0 Å². The van der Waals surface area contributed by atoms with E-state index in [2.05, 4.69) is 0 Å². The maximum absolute atomic E-state index is 12.3. The molecule has 0 aliphatic carbocycles. The lowest BCUT2D eigenvalue weighted by molar-refractivity contribution is 0.101. The number of carbonyl (C=O) groups is 1. The first kappa shape index (κ1) is 11.5. The van der Waals surface area contributed by atoms with Gasteiger partial charge in [0.15, 0.2) is 5.76 Å². The molecule has 3 nitrogen and oxygen atoms in total. The highest BCUT2D eigenvalue weighted by atomic mass is 16.3. The van der Waals surface area contributed by atoms with Crippen LogP contribution in [-0.4, -0.2) is 5.78 Å². The van der Waals surface area contributed by atoms with Gasteiger partial charge in [-0.3, -0.25) is 4.79 Å². The van der Waals surface area contributed by atoms with Crippen molar-refractivity contribution in [2.24, 2.45) is 0 Å². The summed E-state index contributed by atoms with van der Waals surface area (Å²) in [5.74, 6) is 0.227. The summed E-state index contributed by atoms with van der Waals surface area (Å²) in [5.41, 5.74) is 8.61. The zero-order chi connectivity index (χ0) is 13.4. The standard InChI is InChI=1S/C16H13NO2/c1-10-3-2-4-12-9-14(19-16(10)12)15(18)11-5-7-13(17)8-6-11/h2-9H,17H2,1H3. The molecule has 3 rings (SSSR count). The van der Waals surface area contributed by atoms with Gasteiger partial charge in [0.2, 0.25) is 5.78 Å². The van der Waals surface area contributed by atoms with Crippen LogP contribution < -0.4 is 5.73 Å². The molecule has 3 aromatic rings. The normalized spacial score (nSPS) is 10.8. The molecule has 0 saturated heterocycles. The van der Waals surface area contributed by atoms with Crippen molar-refractivity contribution in [2.45, 2.75) is 6.92 Å². The second-order valence-corrected chi connectivity index (χ2v) is 4.56. The lowest BCUT2D eigenvalue weighted by Gasteiger charge is -1.98. The van der Waals surface area contributed by atoms with Crippen LogP contribution in [0.5, 0.6) is 0 Å². The number of carbonyl (C=O) groups excluding carboxylic acids is 1. The van der Waals surface area contributed by atoms with Gasteiger partial charge >= 0.3 is 0 Å². The summed E-state index contributed by atoms with van der Waals surface area (Å²) in [6, 6.07) is 14.5. The van der Waals surface area contributed by atoms with Crippen LogP contribution in [0.1, 0.15) is 21.7 Å². The SMILES string of the molecule is Cc1cccc2cc(C(=O)c3ccc(N)cc3)oc12. The average molecular weight is 251 g/mol. The fraction of sp³-hybridized carbons (Fsp3) is 0.0625. The third-order valence-electron chi connectivity index (χ3n) is 3.14. The van der Waals surface area contributed by atoms with Crippen LogP contribution >= 0.6 is 0 Å². The Labute approximate surface area is 110 Å². The number of fused-ring (bicyclic) bond motifs is 1. The summed E-state index contributed by atoms with van der Waals surface area (Å²) in [6.07, 6.45) is 0. The molecule has 0 aliphatic rings. The molecular formula is C16H13NO2. The van der Waals surface area contributed by atoms with Gasteiger partial charge < -0.3 is 10.2 Å². The van der Waals surface area contributed by atoms with E-state index in [-0.39, 0.29) is 5.78 Å². The number of benzene rings is 2. The van der Waals surface area contributed by atoms with Gasteiger partial charge in [-0.15, -0.1) is 0 Å². The van der Waals surface area contributed by atoms with Crippen molar-refractivity contribution in [2.75, 3.05) is 5.73 Å². The minimum Gasteiger partial charge on any atom is -0.452 e. The van der Waals surface area contributed by atoms with Gasteiger partial charge in [-0.2, -0.15) is 0 Å². The molecule has 0 bridgehead atoms. The molecule has 3 heteroatoms. The van der Waals surface area contributed by atoms with E-state index in [1.54, 1.807) is 30.3 Å². The van der Waals surface area contributed by atoms with Crippen molar-refractivity contribution in [1.82, 2.24) is 0 Å². The molecule has 0 atom stereocenters. The molecule has 0 saturated carbocycles. The van der Waals surface area contributed by atoms with Crippen molar-refractivity contribution in [3.63, 3.8) is 0 Å². The van der Waals surface area contributed by atoms with Crippen LogP contribution in [0, 0.1) is 6.92 Å². The maximum atomic E-state index is 12.3. The Morgan fingerprint density at radius 1 is 1.11 bits per heavy atom. The highest BCUT2D eigenvalue weighted by Gasteiger charge is 2.15. The molecule has 0 unspecified atom stereocenters. The number of nitrogens with two attached hydrogens (primary N) is 1. The number of aryl methyl sites for hydroxylation is 1. The third-order valence-corrected chi connectivity index (χ3v) is 3.14. The predicted molar refractivity (Wildman–Crippen MR) is 75.2 cm³/mol. The molecular weight excluding hydrogens is 238 g/mol. The molecule has 94 valence electrons. The second-order valence-electron chi connectivity index (χ2n) is 4.56. The van der Waals surface area contributed by atoms with Gasteiger partial charge in [0.05, 0.1) is 0 Å². The quantitative estimate of drug-likeness (QED) is 0.559. The summed E-state index contributed by atoms with van der Waals surface area (Å²) in [5, 5.41) is 0.943. The number of anilines is 1. The molecule has 0 radical (unpaired) electrons. The Kier molecular flexibility index (Phi) is 2.60. The summed E-state index contributed by atoms with van der Waals surface area (Å²) < 4.78 is 5.66. The fourth-order valence-electron chi connectivity index (χ4n) is 2.10. The zero-order valence-electron chi connectivity index (χ0n) is 10.5. The second kappa shape index (κ2) is 4.28. The number of furan rings is 1. The molecule has 2 aromatic carbocycles. The molecule has 0 spiro atoms. The van der Waals surface area contributed by atoms with Crippen LogP contribution in [0.4, 0.5) is 5.69 Å². The van der Waals surface area contributed by atoms with Crippen LogP contribution in [-0.2, 0) is 0 Å². The van der Waals surface area contributed by atoms with Crippen molar-refractivity contribution in [3.05, 3.63) is 65.4 Å². The predicted octanol–water partition coefficient (Wildman–Crippen LogP) is 3.55. The Morgan fingerprint density at radius 2 is 1.84 bits per heavy atom. The first-order chi connectivity index (χ1) is 9.15. The Bertz CT molecular complexity index is 754. The van der Waals surface area contributed by atoms with E-state index < -0.39 is 0 Å². The Balaban J connectivity index is 2.06. The molecule has 2 N–H and O–H groups in total. The summed E-state index contributed by atoms with van der Waals surface area (Å²) in [6.45, 7) is 1.96. The van der Waals surface area contributed by atoms with Gasteiger partial charge in [0.1, 0.15) is 5.58 Å². The van der Waals surface area contributed by atoms with Crippen molar-refractivity contribution >= 4 is 22.4 Å². The highest BCUT2D eigenvalue weighted by molar-refractivity contribution is 6.09. The number of hydrogen-bond acceptors (Lipinski definition) is 3.